The highest BCUT2D eigenvalue weighted by Crippen LogP contribution is 2.47. The summed E-state index contributed by atoms with van der Waals surface area (Å²) >= 11 is 1.55. The third-order valence-electron chi connectivity index (χ3n) is 5.45. The van der Waals surface area contributed by atoms with Gasteiger partial charge in [-0.3, -0.25) is 9.36 Å². The van der Waals surface area contributed by atoms with Crippen molar-refractivity contribution >= 4 is 22.9 Å². The number of benzene rings is 1. The number of nitrogens with zero attached hydrogens (tertiary/aromatic N) is 2. The molecule has 7 heteroatoms. The van der Waals surface area contributed by atoms with Crippen molar-refractivity contribution in [2.45, 2.75) is 45.3 Å². The number of nitrogens with one attached hydrogen (secondary N) is 1. The number of aromatic nitrogens is 2. The van der Waals surface area contributed by atoms with E-state index >= 15 is 0 Å². The van der Waals surface area contributed by atoms with E-state index in [2.05, 4.69) is 10.3 Å². The zero-order valence-corrected chi connectivity index (χ0v) is 16.6. The number of anilines is 1. The molecule has 0 atom stereocenters. The Morgan fingerprint density at radius 3 is 2.71 bits per heavy atom. The summed E-state index contributed by atoms with van der Waals surface area (Å²) in [6.45, 7) is 3.92. The quantitative estimate of drug-likeness (QED) is 0.689. The van der Waals surface area contributed by atoms with E-state index in [1.807, 2.05) is 48.1 Å². The normalized spacial score (nSPS) is 16.6. The first-order valence-electron chi connectivity index (χ1n) is 9.47. The molecule has 0 bridgehead atoms. The van der Waals surface area contributed by atoms with Crippen LogP contribution < -0.4 is 14.8 Å². The summed E-state index contributed by atoms with van der Waals surface area (Å²) in [5.41, 5.74) is 3.18. The summed E-state index contributed by atoms with van der Waals surface area (Å²) < 4.78 is 14.1. The van der Waals surface area contributed by atoms with Gasteiger partial charge < -0.3 is 14.8 Å². The summed E-state index contributed by atoms with van der Waals surface area (Å²) in [6.07, 6.45) is 5.82. The molecule has 1 fully saturated rings. The minimum absolute atomic E-state index is 0.148. The Balaban J connectivity index is 1.38. The van der Waals surface area contributed by atoms with Gasteiger partial charge in [-0.2, -0.15) is 0 Å². The molecule has 0 saturated heterocycles. The fraction of sp³-hybridized carbons (Fsp3) is 0.333. The van der Waals surface area contributed by atoms with Gasteiger partial charge in [-0.1, -0.05) is 0 Å². The molecule has 0 radical (unpaired) electrons. The van der Waals surface area contributed by atoms with E-state index in [9.17, 15) is 4.79 Å². The van der Waals surface area contributed by atoms with Gasteiger partial charge >= 0.3 is 0 Å². The number of hydrogen-bond acceptors (Lipinski definition) is 5. The van der Waals surface area contributed by atoms with E-state index in [0.29, 0.717) is 17.0 Å². The van der Waals surface area contributed by atoms with Crippen LogP contribution in [0.15, 0.2) is 35.8 Å². The van der Waals surface area contributed by atoms with Gasteiger partial charge in [-0.15, -0.1) is 11.3 Å². The van der Waals surface area contributed by atoms with Gasteiger partial charge in [-0.25, -0.2) is 4.98 Å². The number of amides is 1. The Bertz CT molecular complexity index is 1050. The number of fused-ring (bicyclic) bond motifs is 1. The van der Waals surface area contributed by atoms with Crippen LogP contribution in [0.1, 0.15) is 47.4 Å². The first kappa shape index (κ1) is 17.3. The summed E-state index contributed by atoms with van der Waals surface area (Å²) in [5.74, 6) is 0.809. The van der Waals surface area contributed by atoms with Crippen molar-refractivity contribution in [2.24, 2.45) is 0 Å². The summed E-state index contributed by atoms with van der Waals surface area (Å²) in [4.78, 5) is 17.3. The molecular formula is C21H21N3O3S. The summed E-state index contributed by atoms with van der Waals surface area (Å²) in [6, 6.07) is 7.47. The minimum atomic E-state index is -0.496. The first-order chi connectivity index (χ1) is 13.5. The Hall–Kier alpha value is -2.80. The Labute approximate surface area is 167 Å². The van der Waals surface area contributed by atoms with Crippen molar-refractivity contribution in [3.05, 3.63) is 52.8 Å². The fourth-order valence-electron chi connectivity index (χ4n) is 4.10. The second-order valence-electron chi connectivity index (χ2n) is 7.37. The Morgan fingerprint density at radius 1 is 1.18 bits per heavy atom. The van der Waals surface area contributed by atoms with Gasteiger partial charge in [0.15, 0.2) is 16.6 Å². The molecule has 1 amide bonds. The van der Waals surface area contributed by atoms with Crippen LogP contribution in [0, 0.1) is 13.8 Å². The third-order valence-corrected chi connectivity index (χ3v) is 6.20. The van der Waals surface area contributed by atoms with Crippen LogP contribution in [0.2, 0.25) is 0 Å². The third kappa shape index (κ3) is 2.77. The largest absolute Gasteiger partial charge is 0.448 e. The Kier molecular flexibility index (Phi) is 3.94. The SMILES string of the molecule is Cc1cc(C(=O)Nc2ccc3c(c2)OC2(CCCC2)O3)c(C)n1-c1nccs1. The van der Waals surface area contributed by atoms with E-state index in [0.717, 1.165) is 48.0 Å². The van der Waals surface area contributed by atoms with Gasteiger partial charge in [0.05, 0.1) is 5.56 Å². The molecule has 0 unspecified atom stereocenters. The van der Waals surface area contributed by atoms with Crippen molar-refractivity contribution < 1.29 is 14.3 Å². The molecule has 1 aliphatic heterocycles. The molecule has 3 heterocycles. The standard InChI is InChI=1S/C21H21N3O3S/c1-13-11-16(14(2)24(13)20-22-9-10-28-20)19(25)23-15-5-6-17-18(12-15)27-21(26-17)7-3-4-8-21/h5-6,9-12H,3-4,7-8H2,1-2H3,(H,23,25). The van der Waals surface area contributed by atoms with Crippen LogP contribution in [-0.2, 0) is 0 Å². The van der Waals surface area contributed by atoms with E-state index in [-0.39, 0.29) is 5.91 Å². The Morgan fingerprint density at radius 2 is 1.96 bits per heavy atom. The molecule has 5 rings (SSSR count). The summed E-state index contributed by atoms with van der Waals surface area (Å²) in [5, 5.41) is 5.78. The maximum absolute atomic E-state index is 12.9. The molecule has 2 aliphatic rings. The summed E-state index contributed by atoms with van der Waals surface area (Å²) in [7, 11) is 0. The first-order valence-corrected chi connectivity index (χ1v) is 10.3. The van der Waals surface area contributed by atoms with Crippen molar-refractivity contribution in [1.29, 1.82) is 0 Å². The monoisotopic (exact) mass is 395 g/mol. The molecule has 6 nitrogen and oxygen atoms in total. The second-order valence-corrected chi connectivity index (χ2v) is 8.25. The number of thiazole rings is 1. The molecule has 1 N–H and O–H groups in total. The van der Waals surface area contributed by atoms with Crippen LogP contribution in [-0.4, -0.2) is 21.2 Å². The number of carbonyl (C=O) groups is 1. The molecule has 1 aliphatic carbocycles. The van der Waals surface area contributed by atoms with Crippen molar-refractivity contribution in [3.63, 3.8) is 0 Å². The van der Waals surface area contributed by atoms with Gasteiger partial charge in [0.1, 0.15) is 0 Å². The number of aryl methyl sites for hydroxylation is 1. The highest BCUT2D eigenvalue weighted by molar-refractivity contribution is 7.12. The van der Waals surface area contributed by atoms with Gasteiger partial charge in [0, 0.05) is 47.6 Å². The highest BCUT2D eigenvalue weighted by Gasteiger charge is 2.44. The van der Waals surface area contributed by atoms with Gasteiger partial charge in [0.25, 0.3) is 11.7 Å². The lowest BCUT2D eigenvalue weighted by Gasteiger charge is -2.21. The molecule has 144 valence electrons. The molecule has 1 aromatic carbocycles. The van der Waals surface area contributed by atoms with Crippen LogP contribution in [0.3, 0.4) is 0 Å². The van der Waals surface area contributed by atoms with Crippen LogP contribution in [0.4, 0.5) is 5.69 Å². The smallest absolute Gasteiger partial charge is 0.257 e. The minimum Gasteiger partial charge on any atom is -0.448 e. The number of hydrogen-bond donors (Lipinski definition) is 1. The molecule has 28 heavy (non-hydrogen) atoms. The number of ether oxygens (including phenoxy) is 2. The van der Waals surface area contributed by atoms with E-state index in [1.54, 1.807) is 17.5 Å². The zero-order chi connectivity index (χ0) is 19.3. The molecule has 1 saturated carbocycles. The number of rotatable bonds is 3. The van der Waals surface area contributed by atoms with Crippen LogP contribution >= 0.6 is 11.3 Å². The predicted molar refractivity (Wildman–Crippen MR) is 108 cm³/mol. The van der Waals surface area contributed by atoms with Gasteiger partial charge in [-0.05, 0) is 44.9 Å². The van der Waals surface area contributed by atoms with Crippen molar-refractivity contribution in [2.75, 3.05) is 5.32 Å². The molecule has 2 aromatic heterocycles. The van der Waals surface area contributed by atoms with Gasteiger partial charge in [0.2, 0.25) is 0 Å². The maximum atomic E-state index is 12.9. The van der Waals surface area contributed by atoms with Crippen molar-refractivity contribution in [1.82, 2.24) is 9.55 Å². The second kappa shape index (κ2) is 6.38. The maximum Gasteiger partial charge on any atom is 0.257 e. The number of carbonyl (C=O) groups excluding carboxylic acids is 1. The van der Waals surface area contributed by atoms with Crippen LogP contribution in [0.5, 0.6) is 11.5 Å². The lowest BCUT2D eigenvalue weighted by Crippen LogP contribution is -2.34. The molecule has 1 spiro atoms. The lowest BCUT2D eigenvalue weighted by molar-refractivity contribution is -0.0716. The predicted octanol–water partition coefficient (Wildman–Crippen LogP) is 4.84. The van der Waals surface area contributed by atoms with E-state index in [1.165, 1.54) is 0 Å². The fourth-order valence-corrected chi connectivity index (χ4v) is 4.85. The van der Waals surface area contributed by atoms with E-state index in [4.69, 9.17) is 9.47 Å². The van der Waals surface area contributed by atoms with Crippen molar-refractivity contribution in [3.8, 4) is 16.6 Å². The van der Waals surface area contributed by atoms with Crippen LogP contribution in [0.25, 0.3) is 5.13 Å². The molecule has 3 aromatic rings. The average molecular weight is 395 g/mol. The lowest BCUT2D eigenvalue weighted by atomic mass is 10.2. The molecular weight excluding hydrogens is 374 g/mol. The average Bonchev–Trinajstić information content (AvgIpc) is 3.43. The topological polar surface area (TPSA) is 65.4 Å². The highest BCUT2D eigenvalue weighted by atomic mass is 32.1. The van der Waals surface area contributed by atoms with E-state index < -0.39 is 5.79 Å². The zero-order valence-electron chi connectivity index (χ0n) is 15.8.